The van der Waals surface area contributed by atoms with Crippen LogP contribution in [0.5, 0.6) is 5.75 Å². The van der Waals surface area contributed by atoms with Crippen LogP contribution in [-0.4, -0.2) is 11.6 Å². The molecule has 1 atom stereocenters. The van der Waals surface area contributed by atoms with Crippen LogP contribution in [0.2, 0.25) is 5.02 Å². The molecule has 1 aromatic carbocycles. The topological polar surface area (TPSA) is 48.1 Å². The monoisotopic (exact) mass is 294 g/mol. The molecule has 0 bridgehead atoms. The van der Waals surface area contributed by atoms with Crippen molar-refractivity contribution in [2.24, 2.45) is 5.73 Å². The van der Waals surface area contributed by atoms with Crippen molar-refractivity contribution in [2.45, 2.75) is 19.4 Å². The highest BCUT2D eigenvalue weighted by Gasteiger charge is 2.14. The number of benzene rings is 1. The molecule has 2 aromatic rings. The number of hydrogen-bond acceptors (Lipinski definition) is 3. The van der Waals surface area contributed by atoms with Crippen molar-refractivity contribution in [3.63, 3.8) is 0 Å². The van der Waals surface area contributed by atoms with Gasteiger partial charge < -0.3 is 10.5 Å². The van der Waals surface area contributed by atoms with E-state index < -0.39 is 6.04 Å². The minimum absolute atomic E-state index is 0.303. The summed E-state index contributed by atoms with van der Waals surface area (Å²) in [5.74, 6) is 0.280. The number of rotatable bonds is 5. The van der Waals surface area contributed by atoms with Crippen molar-refractivity contribution in [2.75, 3.05) is 6.61 Å². The lowest BCUT2D eigenvalue weighted by Crippen LogP contribution is -2.13. The van der Waals surface area contributed by atoms with Gasteiger partial charge in [-0.3, -0.25) is 4.98 Å². The van der Waals surface area contributed by atoms with Crippen molar-refractivity contribution in [3.05, 3.63) is 58.6 Å². The molecule has 0 fully saturated rings. The van der Waals surface area contributed by atoms with Gasteiger partial charge in [-0.1, -0.05) is 24.6 Å². The zero-order valence-corrected chi connectivity index (χ0v) is 11.9. The Morgan fingerprint density at radius 2 is 2.15 bits per heavy atom. The van der Waals surface area contributed by atoms with Crippen LogP contribution in [0.3, 0.4) is 0 Å². The fraction of sp³-hybridized carbons (Fsp3) is 0.267. The van der Waals surface area contributed by atoms with Crippen LogP contribution in [0.25, 0.3) is 0 Å². The molecular formula is C15H16ClFN2O. The van der Waals surface area contributed by atoms with E-state index in [0.717, 1.165) is 12.0 Å². The predicted octanol–water partition coefficient (Wildman–Crippen LogP) is 3.71. The number of aromatic nitrogens is 1. The molecule has 0 aliphatic rings. The lowest BCUT2D eigenvalue weighted by Gasteiger charge is -2.15. The average molecular weight is 295 g/mol. The van der Waals surface area contributed by atoms with Crippen molar-refractivity contribution in [3.8, 4) is 5.75 Å². The SMILES string of the molecule is CCCOc1cncc(C(N)c2ccc(F)cc2Cl)c1. The van der Waals surface area contributed by atoms with Gasteiger partial charge in [-0.05, 0) is 35.7 Å². The number of pyridine rings is 1. The summed E-state index contributed by atoms with van der Waals surface area (Å²) in [6.45, 7) is 2.65. The first kappa shape index (κ1) is 14.8. The number of hydrogen-bond donors (Lipinski definition) is 1. The summed E-state index contributed by atoms with van der Waals surface area (Å²) in [6, 6.07) is 5.53. The molecule has 3 nitrogen and oxygen atoms in total. The van der Waals surface area contributed by atoms with E-state index in [0.29, 0.717) is 22.9 Å². The van der Waals surface area contributed by atoms with E-state index in [-0.39, 0.29) is 5.82 Å². The molecule has 0 amide bonds. The van der Waals surface area contributed by atoms with Crippen molar-refractivity contribution in [1.29, 1.82) is 0 Å². The Bertz CT molecular complexity index is 592. The molecule has 1 unspecified atom stereocenters. The van der Waals surface area contributed by atoms with Crippen LogP contribution < -0.4 is 10.5 Å². The largest absolute Gasteiger partial charge is 0.492 e. The summed E-state index contributed by atoms with van der Waals surface area (Å²) >= 11 is 6.03. The van der Waals surface area contributed by atoms with Crippen LogP contribution in [0, 0.1) is 5.82 Å². The molecular weight excluding hydrogens is 279 g/mol. The quantitative estimate of drug-likeness (QED) is 0.914. The number of halogens is 2. The standard InChI is InChI=1S/C15H16ClFN2O/c1-2-5-20-12-6-10(8-19-9-12)15(18)13-4-3-11(17)7-14(13)16/h3-4,6-9,15H,2,5,18H2,1H3. The molecule has 0 spiro atoms. The Balaban J connectivity index is 2.26. The second kappa shape index (κ2) is 6.68. The Kier molecular flexibility index (Phi) is 4.93. The highest BCUT2D eigenvalue weighted by Crippen LogP contribution is 2.28. The van der Waals surface area contributed by atoms with Gasteiger partial charge in [-0.2, -0.15) is 0 Å². The smallest absolute Gasteiger partial charge is 0.137 e. The van der Waals surface area contributed by atoms with E-state index in [1.54, 1.807) is 18.5 Å². The average Bonchev–Trinajstić information content (AvgIpc) is 2.45. The summed E-state index contributed by atoms with van der Waals surface area (Å²) in [4.78, 5) is 4.11. The van der Waals surface area contributed by atoms with E-state index in [9.17, 15) is 4.39 Å². The maximum Gasteiger partial charge on any atom is 0.137 e. The minimum Gasteiger partial charge on any atom is -0.492 e. The molecule has 2 N–H and O–H groups in total. The molecule has 2 rings (SSSR count). The molecule has 1 aromatic heterocycles. The van der Waals surface area contributed by atoms with Crippen LogP contribution in [0.4, 0.5) is 4.39 Å². The third kappa shape index (κ3) is 3.46. The highest BCUT2D eigenvalue weighted by atomic mass is 35.5. The van der Waals surface area contributed by atoms with Gasteiger partial charge in [0.2, 0.25) is 0 Å². The van der Waals surface area contributed by atoms with Crippen molar-refractivity contribution < 1.29 is 9.13 Å². The van der Waals surface area contributed by atoms with E-state index in [1.165, 1.54) is 12.1 Å². The summed E-state index contributed by atoms with van der Waals surface area (Å²) in [6.07, 6.45) is 4.21. The Hall–Kier alpha value is -1.65. The molecule has 0 saturated carbocycles. The van der Waals surface area contributed by atoms with Gasteiger partial charge >= 0.3 is 0 Å². The van der Waals surface area contributed by atoms with Gasteiger partial charge in [0.05, 0.1) is 18.8 Å². The van der Waals surface area contributed by atoms with Gasteiger partial charge in [-0.15, -0.1) is 0 Å². The Labute approximate surface area is 122 Å². The Morgan fingerprint density at radius 1 is 1.35 bits per heavy atom. The fourth-order valence-corrected chi connectivity index (χ4v) is 2.12. The molecule has 0 saturated heterocycles. The van der Waals surface area contributed by atoms with E-state index in [2.05, 4.69) is 4.98 Å². The first-order valence-corrected chi connectivity index (χ1v) is 6.78. The molecule has 0 radical (unpaired) electrons. The fourth-order valence-electron chi connectivity index (χ4n) is 1.84. The molecule has 106 valence electrons. The zero-order valence-electron chi connectivity index (χ0n) is 11.1. The van der Waals surface area contributed by atoms with Crippen LogP contribution in [0.15, 0.2) is 36.7 Å². The summed E-state index contributed by atoms with van der Waals surface area (Å²) in [5.41, 5.74) is 7.59. The summed E-state index contributed by atoms with van der Waals surface area (Å²) in [5, 5.41) is 0.303. The molecule has 20 heavy (non-hydrogen) atoms. The van der Waals surface area contributed by atoms with Crippen molar-refractivity contribution >= 4 is 11.6 Å². The first-order valence-electron chi connectivity index (χ1n) is 6.40. The minimum atomic E-state index is -0.472. The van der Waals surface area contributed by atoms with Gasteiger partial charge in [0.15, 0.2) is 0 Å². The van der Waals surface area contributed by atoms with E-state index in [1.807, 2.05) is 13.0 Å². The second-order valence-corrected chi connectivity index (χ2v) is 4.85. The molecule has 1 heterocycles. The maximum absolute atomic E-state index is 13.1. The van der Waals surface area contributed by atoms with Gasteiger partial charge in [0, 0.05) is 11.2 Å². The number of ether oxygens (including phenoxy) is 1. The lowest BCUT2D eigenvalue weighted by molar-refractivity contribution is 0.315. The maximum atomic E-state index is 13.1. The predicted molar refractivity (Wildman–Crippen MR) is 77.5 cm³/mol. The third-order valence-electron chi connectivity index (χ3n) is 2.86. The normalized spacial score (nSPS) is 12.2. The molecule has 0 aliphatic heterocycles. The Morgan fingerprint density at radius 3 is 2.85 bits per heavy atom. The zero-order chi connectivity index (χ0) is 14.5. The number of nitrogens with zero attached hydrogens (tertiary/aromatic N) is 1. The van der Waals surface area contributed by atoms with E-state index in [4.69, 9.17) is 22.1 Å². The summed E-state index contributed by atoms with van der Waals surface area (Å²) < 4.78 is 18.6. The van der Waals surface area contributed by atoms with Gasteiger partial charge in [-0.25, -0.2) is 4.39 Å². The van der Waals surface area contributed by atoms with E-state index >= 15 is 0 Å². The van der Waals surface area contributed by atoms with Gasteiger partial charge in [0.25, 0.3) is 0 Å². The highest BCUT2D eigenvalue weighted by molar-refractivity contribution is 6.31. The van der Waals surface area contributed by atoms with Crippen LogP contribution >= 0.6 is 11.6 Å². The third-order valence-corrected chi connectivity index (χ3v) is 3.19. The van der Waals surface area contributed by atoms with Crippen LogP contribution in [-0.2, 0) is 0 Å². The summed E-state index contributed by atoms with van der Waals surface area (Å²) in [7, 11) is 0. The van der Waals surface area contributed by atoms with Crippen LogP contribution in [0.1, 0.15) is 30.5 Å². The van der Waals surface area contributed by atoms with Gasteiger partial charge in [0.1, 0.15) is 11.6 Å². The number of nitrogens with two attached hydrogens (primary N) is 1. The molecule has 0 aliphatic carbocycles. The van der Waals surface area contributed by atoms with Crippen molar-refractivity contribution in [1.82, 2.24) is 4.98 Å². The molecule has 5 heteroatoms. The first-order chi connectivity index (χ1) is 9.61. The lowest BCUT2D eigenvalue weighted by atomic mass is 10.0. The second-order valence-electron chi connectivity index (χ2n) is 4.45.